The summed E-state index contributed by atoms with van der Waals surface area (Å²) in [6, 6.07) is 0. The second kappa shape index (κ2) is 10.1. The van der Waals surface area contributed by atoms with Crippen LogP contribution in [0.1, 0.15) is 67.2 Å². The Morgan fingerprint density at radius 2 is 1.77 bits per heavy atom. The minimum atomic E-state index is -0.263. The van der Waals surface area contributed by atoms with Gasteiger partial charge in [-0.3, -0.25) is 0 Å². The maximum atomic E-state index is 6.79. The van der Waals surface area contributed by atoms with E-state index in [4.69, 9.17) is 4.74 Å². The molecule has 26 heavy (non-hydrogen) atoms. The molecule has 1 nitrogen and oxygen atoms in total. The van der Waals surface area contributed by atoms with E-state index in [0.29, 0.717) is 0 Å². The van der Waals surface area contributed by atoms with Crippen LogP contribution < -0.4 is 24.8 Å². The molecule has 0 aromatic rings. The van der Waals surface area contributed by atoms with Crippen LogP contribution in [0.4, 0.5) is 0 Å². The fraction of sp³-hybridized carbons (Fsp3) is 0.636. The summed E-state index contributed by atoms with van der Waals surface area (Å²) in [4.78, 5) is 0. The molecule has 0 bridgehead atoms. The molecule has 0 N–H and O–H groups in total. The van der Waals surface area contributed by atoms with Crippen LogP contribution in [0.25, 0.3) is 0 Å². The molecule has 2 rings (SSSR count). The summed E-state index contributed by atoms with van der Waals surface area (Å²) in [5, 5.41) is 0. The zero-order chi connectivity index (χ0) is 18.0. The minimum Gasteiger partial charge on any atom is -1.00 e. The molecule has 1 unspecified atom stereocenters. The summed E-state index contributed by atoms with van der Waals surface area (Å²) in [7, 11) is 0. The molecule has 4 heteroatoms. The molecule has 0 fully saturated rings. The van der Waals surface area contributed by atoms with Gasteiger partial charge in [-0.2, -0.15) is 0 Å². The maximum Gasteiger partial charge on any atom is -1.00 e. The standard InChI is InChI=1S/C22H33O.2ClH.Ti/c1-7-8-17-23-22(21(5,6)18-13-9-10-14-18)16-12-11-15-19(22)20(2,3)4;;;/h9,11-13,15H,7-8,10,16-17H2,1-6H3;2*1H;/q;;;+2/p-2. The quantitative estimate of drug-likeness (QED) is 0.433. The molecular formula is C22H33Cl2OTi. The van der Waals surface area contributed by atoms with Crippen molar-refractivity contribution in [2.75, 3.05) is 6.61 Å². The Kier molecular flexibility index (Phi) is 10.2. The largest absolute Gasteiger partial charge is 1.00 e. The van der Waals surface area contributed by atoms with Gasteiger partial charge in [0.1, 0.15) is 0 Å². The van der Waals surface area contributed by atoms with Gasteiger partial charge in [0.25, 0.3) is 0 Å². The minimum absolute atomic E-state index is 0. The van der Waals surface area contributed by atoms with Crippen molar-refractivity contribution in [2.24, 2.45) is 10.8 Å². The topological polar surface area (TPSA) is 9.23 Å². The Bertz CT molecular complexity index is 594. The molecule has 1 atom stereocenters. The van der Waals surface area contributed by atoms with E-state index in [-0.39, 0.29) is 41.2 Å². The molecule has 0 aliphatic heterocycles. The average molecular weight is 432 g/mol. The van der Waals surface area contributed by atoms with E-state index in [1.165, 1.54) is 21.4 Å². The second-order valence-electron chi connectivity index (χ2n) is 8.62. The molecule has 145 valence electrons. The predicted molar refractivity (Wildman–Crippen MR) is 99.5 cm³/mol. The van der Waals surface area contributed by atoms with Gasteiger partial charge in [0, 0.05) is 0 Å². The first-order valence-electron chi connectivity index (χ1n) is 9.30. The summed E-state index contributed by atoms with van der Waals surface area (Å²) >= 11 is 2.27. The van der Waals surface area contributed by atoms with E-state index in [2.05, 4.69) is 92.4 Å². The summed E-state index contributed by atoms with van der Waals surface area (Å²) in [6.45, 7) is 14.8. The molecular weight excluding hydrogens is 399 g/mol. The third-order valence-corrected chi connectivity index (χ3v) is 6.25. The summed E-state index contributed by atoms with van der Waals surface area (Å²) < 4.78 is 8.28. The average Bonchev–Trinajstić information content (AvgIpc) is 2.93. The predicted octanol–water partition coefficient (Wildman–Crippen LogP) is 0.269. The van der Waals surface area contributed by atoms with Crippen LogP contribution in [-0.2, 0) is 25.2 Å². The van der Waals surface area contributed by atoms with Gasteiger partial charge >= 0.3 is 161 Å². The Morgan fingerprint density at radius 3 is 2.27 bits per heavy atom. The van der Waals surface area contributed by atoms with E-state index in [9.17, 15) is 0 Å². The number of ether oxygens (including phenoxy) is 1. The Morgan fingerprint density at radius 1 is 1.12 bits per heavy atom. The number of halogens is 2. The number of rotatable bonds is 6. The van der Waals surface area contributed by atoms with Gasteiger partial charge in [0.05, 0.1) is 0 Å². The van der Waals surface area contributed by atoms with E-state index >= 15 is 0 Å². The normalized spacial score (nSPS) is 22.8. The van der Waals surface area contributed by atoms with Crippen molar-refractivity contribution in [3.05, 3.63) is 45.4 Å². The Hall–Kier alpha value is 0.214. The monoisotopic (exact) mass is 431 g/mol. The van der Waals surface area contributed by atoms with Crippen molar-refractivity contribution in [2.45, 2.75) is 72.8 Å². The van der Waals surface area contributed by atoms with E-state index in [1.807, 2.05) is 0 Å². The first-order valence-corrected chi connectivity index (χ1v) is 10.1. The van der Waals surface area contributed by atoms with Gasteiger partial charge in [-0.05, 0) is 0 Å². The van der Waals surface area contributed by atoms with Crippen LogP contribution in [0.3, 0.4) is 0 Å². The number of hydrogen-bond acceptors (Lipinski definition) is 1. The van der Waals surface area contributed by atoms with Crippen molar-refractivity contribution in [3.63, 3.8) is 0 Å². The molecule has 0 radical (unpaired) electrons. The van der Waals surface area contributed by atoms with Crippen molar-refractivity contribution < 1.29 is 50.0 Å². The van der Waals surface area contributed by atoms with Crippen LogP contribution in [-0.4, -0.2) is 12.2 Å². The van der Waals surface area contributed by atoms with Crippen molar-refractivity contribution in [3.8, 4) is 0 Å². The zero-order valence-electron chi connectivity index (χ0n) is 17.1. The third kappa shape index (κ3) is 4.98. The molecule has 2 aliphatic carbocycles. The molecule has 2 aliphatic rings. The summed E-state index contributed by atoms with van der Waals surface area (Å²) in [5.74, 6) is 0. The van der Waals surface area contributed by atoms with Gasteiger partial charge in [0.15, 0.2) is 0 Å². The molecule has 0 aromatic carbocycles. The zero-order valence-corrected chi connectivity index (χ0v) is 20.2. The van der Waals surface area contributed by atoms with Crippen LogP contribution in [0.15, 0.2) is 45.4 Å². The fourth-order valence-electron chi connectivity index (χ4n) is 4.11. The van der Waals surface area contributed by atoms with Crippen LogP contribution in [0, 0.1) is 10.8 Å². The molecule has 0 saturated carbocycles. The molecule has 0 saturated heterocycles. The molecule has 0 spiro atoms. The van der Waals surface area contributed by atoms with E-state index < -0.39 is 0 Å². The first-order chi connectivity index (χ1) is 11.2. The van der Waals surface area contributed by atoms with Gasteiger partial charge in [0.2, 0.25) is 0 Å². The molecule has 0 aromatic heterocycles. The number of unbranched alkanes of at least 4 members (excludes halogenated alkanes) is 1. The van der Waals surface area contributed by atoms with E-state index in [1.54, 1.807) is 0 Å². The molecule has 0 amide bonds. The smallest absolute Gasteiger partial charge is 1.00 e. The van der Waals surface area contributed by atoms with Gasteiger partial charge < -0.3 is 24.8 Å². The van der Waals surface area contributed by atoms with Crippen molar-refractivity contribution in [1.82, 2.24) is 0 Å². The van der Waals surface area contributed by atoms with Crippen LogP contribution in [0.5, 0.6) is 0 Å². The van der Waals surface area contributed by atoms with Crippen molar-refractivity contribution >= 4 is 0 Å². The maximum absolute atomic E-state index is 6.79. The van der Waals surface area contributed by atoms with Gasteiger partial charge in [-0.1, -0.05) is 0 Å². The van der Waals surface area contributed by atoms with E-state index in [0.717, 1.165) is 25.9 Å². The number of hydrogen-bond donors (Lipinski definition) is 0. The number of allylic oxidation sites excluding steroid dienone is 5. The molecule has 0 heterocycles. The Labute approximate surface area is 185 Å². The Balaban J connectivity index is 0.00000312. The summed E-state index contributed by atoms with van der Waals surface area (Å²) in [5.41, 5.74) is 2.66. The summed E-state index contributed by atoms with van der Waals surface area (Å²) in [6.07, 6.45) is 15.8. The van der Waals surface area contributed by atoms with Crippen LogP contribution >= 0.6 is 0 Å². The third-order valence-electron chi connectivity index (χ3n) is 5.51. The first kappa shape index (κ1) is 26.2. The fourth-order valence-corrected chi connectivity index (χ4v) is 4.91. The van der Waals surface area contributed by atoms with Gasteiger partial charge in [-0.15, -0.1) is 0 Å². The van der Waals surface area contributed by atoms with Gasteiger partial charge in [-0.25, -0.2) is 0 Å². The van der Waals surface area contributed by atoms with Crippen LogP contribution in [0.2, 0.25) is 0 Å². The SMILES string of the molecule is CCCCOC1(C(C)(C)C2=[C]([Ti+2])CC=C2)CC=CC=C1C(C)(C)C.[Cl-].[Cl-]. The van der Waals surface area contributed by atoms with Crippen molar-refractivity contribution in [1.29, 1.82) is 0 Å². The second-order valence-corrected chi connectivity index (χ2v) is 9.56.